The van der Waals surface area contributed by atoms with Crippen molar-refractivity contribution in [3.63, 3.8) is 0 Å². The zero-order chi connectivity index (χ0) is 32.1. The number of nitrogens with zero attached hydrogens (tertiary/aromatic N) is 2. The third-order valence-electron chi connectivity index (χ3n) is 7.80. The maximum Gasteiger partial charge on any atom is 0.417 e. The third kappa shape index (κ3) is 8.53. The van der Waals surface area contributed by atoms with E-state index in [0.717, 1.165) is 60.8 Å². The minimum atomic E-state index is -4.85. The molecule has 2 amide bonds. The van der Waals surface area contributed by atoms with Gasteiger partial charge in [0.25, 0.3) is 0 Å². The lowest BCUT2D eigenvalue weighted by atomic mass is 10.0. The summed E-state index contributed by atoms with van der Waals surface area (Å²) in [7, 11) is -4.25. The Labute approximate surface area is 261 Å². The molecule has 4 rings (SSSR count). The number of aryl methyl sites for hydroxylation is 1. The van der Waals surface area contributed by atoms with Gasteiger partial charge in [-0.1, -0.05) is 79.0 Å². The van der Waals surface area contributed by atoms with Crippen LogP contribution in [0.5, 0.6) is 0 Å². The molecule has 1 aliphatic carbocycles. The molecule has 1 saturated carbocycles. The average Bonchev–Trinajstić information content (AvgIpc) is 3.47. The topological polar surface area (TPSA) is 86.8 Å². The van der Waals surface area contributed by atoms with Crippen molar-refractivity contribution in [1.29, 1.82) is 0 Å². The van der Waals surface area contributed by atoms with Gasteiger partial charge in [0.1, 0.15) is 12.6 Å². The Hall–Kier alpha value is -3.57. The number of rotatable bonds is 11. The standard InChI is InChI=1S/C32H35ClF3N3O4S/c1-22-10-6-7-13-24(22)20-38(29(18-23-11-4-3-5-12-23)31(41)37-25-14-8-9-15-25)30(40)21-39(44(2,42)43)26-16-17-28(33)27(19-26)32(34,35)36/h3-7,10-13,16-17,19,25,29H,8-9,14-15,18,20-21H2,1-2H3,(H,37,41)/t29-/m0/s1. The van der Waals surface area contributed by atoms with E-state index in [2.05, 4.69) is 5.32 Å². The number of hydrogen-bond donors (Lipinski definition) is 1. The van der Waals surface area contributed by atoms with Crippen LogP contribution in [0.1, 0.15) is 47.9 Å². The van der Waals surface area contributed by atoms with E-state index in [9.17, 15) is 31.2 Å². The number of amides is 2. The second-order valence-corrected chi connectivity index (χ2v) is 13.4. The first-order valence-electron chi connectivity index (χ1n) is 14.3. The smallest absolute Gasteiger partial charge is 0.352 e. The van der Waals surface area contributed by atoms with Crippen LogP contribution in [0.3, 0.4) is 0 Å². The molecular weight excluding hydrogens is 615 g/mol. The van der Waals surface area contributed by atoms with Crippen molar-refractivity contribution in [1.82, 2.24) is 10.2 Å². The second kappa shape index (κ2) is 14.0. The van der Waals surface area contributed by atoms with E-state index in [1.165, 1.54) is 4.90 Å². The normalized spacial score (nSPS) is 14.7. The van der Waals surface area contributed by atoms with Crippen LogP contribution < -0.4 is 9.62 Å². The fourth-order valence-electron chi connectivity index (χ4n) is 5.39. The highest BCUT2D eigenvalue weighted by Gasteiger charge is 2.37. The largest absolute Gasteiger partial charge is 0.417 e. The molecule has 7 nitrogen and oxygen atoms in total. The Morgan fingerprint density at radius 2 is 1.64 bits per heavy atom. The summed E-state index contributed by atoms with van der Waals surface area (Å²) in [6, 6.07) is 18.0. The number of carbonyl (C=O) groups excluding carboxylic acids is 2. The van der Waals surface area contributed by atoms with Gasteiger partial charge >= 0.3 is 6.18 Å². The predicted octanol–water partition coefficient (Wildman–Crippen LogP) is 6.13. The highest BCUT2D eigenvalue weighted by molar-refractivity contribution is 7.92. The SMILES string of the molecule is Cc1ccccc1CN(C(=O)CN(c1ccc(Cl)c(C(F)(F)F)c1)S(C)(=O)=O)[C@@H](Cc1ccccc1)C(=O)NC1CCCC1. The summed E-state index contributed by atoms with van der Waals surface area (Å²) in [5, 5.41) is 2.47. The number of sulfonamides is 1. The van der Waals surface area contributed by atoms with Gasteiger partial charge in [0.05, 0.1) is 22.5 Å². The predicted molar refractivity (Wildman–Crippen MR) is 165 cm³/mol. The molecular formula is C32H35ClF3N3O4S. The minimum Gasteiger partial charge on any atom is -0.352 e. The minimum absolute atomic E-state index is 0.0207. The molecule has 0 unspecified atom stereocenters. The third-order valence-corrected chi connectivity index (χ3v) is 9.27. The molecule has 1 N–H and O–H groups in total. The van der Waals surface area contributed by atoms with E-state index >= 15 is 0 Å². The van der Waals surface area contributed by atoms with Crippen molar-refractivity contribution in [2.24, 2.45) is 0 Å². The van der Waals surface area contributed by atoms with Crippen LogP contribution in [0, 0.1) is 6.92 Å². The summed E-state index contributed by atoms with van der Waals surface area (Å²) < 4.78 is 67.4. The summed E-state index contributed by atoms with van der Waals surface area (Å²) in [6.45, 7) is 1.01. The maximum absolute atomic E-state index is 14.2. The van der Waals surface area contributed by atoms with Gasteiger partial charge in [-0.15, -0.1) is 0 Å². The van der Waals surface area contributed by atoms with Crippen molar-refractivity contribution in [2.45, 2.75) is 63.8 Å². The molecule has 12 heteroatoms. The van der Waals surface area contributed by atoms with Crippen LogP contribution in [0.15, 0.2) is 72.8 Å². The molecule has 0 radical (unpaired) electrons. The molecule has 1 atom stereocenters. The number of anilines is 1. The molecule has 0 spiro atoms. The quantitative estimate of drug-likeness (QED) is 0.271. The molecule has 0 heterocycles. The molecule has 1 aliphatic rings. The molecule has 3 aromatic carbocycles. The average molecular weight is 650 g/mol. The van der Waals surface area contributed by atoms with Crippen LogP contribution in [0.4, 0.5) is 18.9 Å². The van der Waals surface area contributed by atoms with Crippen LogP contribution in [0.25, 0.3) is 0 Å². The summed E-state index contributed by atoms with van der Waals surface area (Å²) >= 11 is 5.78. The first kappa shape index (κ1) is 33.3. The van der Waals surface area contributed by atoms with Crippen LogP contribution >= 0.6 is 11.6 Å². The van der Waals surface area contributed by atoms with Gasteiger partial charge in [-0.05, 0) is 54.7 Å². The lowest BCUT2D eigenvalue weighted by Gasteiger charge is -2.34. The Kier molecular flexibility index (Phi) is 10.6. The van der Waals surface area contributed by atoms with E-state index in [0.29, 0.717) is 10.4 Å². The first-order valence-corrected chi connectivity index (χ1v) is 16.5. The van der Waals surface area contributed by atoms with Crippen LogP contribution in [-0.4, -0.2) is 50.0 Å². The number of alkyl halides is 3. The van der Waals surface area contributed by atoms with Crippen molar-refractivity contribution in [2.75, 3.05) is 17.1 Å². The number of halogens is 4. The fraction of sp³-hybridized carbons (Fsp3) is 0.375. The van der Waals surface area contributed by atoms with Gasteiger partial charge in [0.2, 0.25) is 21.8 Å². The molecule has 1 fully saturated rings. The van der Waals surface area contributed by atoms with Crippen molar-refractivity contribution in [3.05, 3.63) is 100 Å². The van der Waals surface area contributed by atoms with Gasteiger partial charge < -0.3 is 10.2 Å². The Morgan fingerprint density at radius 1 is 1.00 bits per heavy atom. The summed E-state index contributed by atoms with van der Waals surface area (Å²) in [4.78, 5) is 29.4. The zero-order valence-corrected chi connectivity index (χ0v) is 26.1. The highest BCUT2D eigenvalue weighted by atomic mass is 35.5. The van der Waals surface area contributed by atoms with E-state index in [-0.39, 0.29) is 30.6 Å². The Bertz CT molecular complexity index is 1580. The van der Waals surface area contributed by atoms with E-state index < -0.39 is 45.3 Å². The van der Waals surface area contributed by atoms with Crippen molar-refractivity contribution < 1.29 is 31.2 Å². The van der Waals surface area contributed by atoms with E-state index in [4.69, 9.17) is 11.6 Å². The van der Waals surface area contributed by atoms with E-state index in [1.807, 2.05) is 55.5 Å². The van der Waals surface area contributed by atoms with Gasteiger partial charge in [-0.25, -0.2) is 8.42 Å². The van der Waals surface area contributed by atoms with Gasteiger partial charge in [0, 0.05) is 19.0 Å². The summed E-state index contributed by atoms with van der Waals surface area (Å²) in [5.74, 6) is -1.12. The maximum atomic E-state index is 14.2. The molecule has 236 valence electrons. The molecule has 44 heavy (non-hydrogen) atoms. The lowest BCUT2D eigenvalue weighted by molar-refractivity contribution is -0.140. The van der Waals surface area contributed by atoms with Gasteiger partial charge in [-0.2, -0.15) is 13.2 Å². The number of hydrogen-bond acceptors (Lipinski definition) is 4. The van der Waals surface area contributed by atoms with E-state index in [1.54, 1.807) is 6.07 Å². The molecule has 0 aliphatic heterocycles. The Balaban J connectivity index is 1.76. The van der Waals surface area contributed by atoms with Crippen LogP contribution in [-0.2, 0) is 38.8 Å². The second-order valence-electron chi connectivity index (χ2n) is 11.1. The Morgan fingerprint density at radius 3 is 2.25 bits per heavy atom. The van der Waals surface area contributed by atoms with Gasteiger partial charge in [-0.3, -0.25) is 13.9 Å². The van der Waals surface area contributed by atoms with Gasteiger partial charge in [0.15, 0.2) is 0 Å². The van der Waals surface area contributed by atoms with Crippen LogP contribution in [0.2, 0.25) is 5.02 Å². The highest BCUT2D eigenvalue weighted by Crippen LogP contribution is 2.37. The van der Waals surface area contributed by atoms with Crippen molar-refractivity contribution >= 4 is 39.1 Å². The first-order chi connectivity index (χ1) is 20.7. The molecule has 0 saturated heterocycles. The van der Waals surface area contributed by atoms with Crippen molar-refractivity contribution in [3.8, 4) is 0 Å². The molecule has 0 bridgehead atoms. The lowest BCUT2D eigenvalue weighted by Crippen LogP contribution is -2.54. The summed E-state index contributed by atoms with van der Waals surface area (Å²) in [6.07, 6.45) is -0.312. The zero-order valence-electron chi connectivity index (χ0n) is 24.5. The molecule has 3 aromatic rings. The summed E-state index contributed by atoms with van der Waals surface area (Å²) in [5.41, 5.74) is 0.779. The number of nitrogens with one attached hydrogen (secondary N) is 1. The number of carbonyl (C=O) groups is 2. The monoisotopic (exact) mass is 649 g/mol. The number of benzene rings is 3. The molecule has 0 aromatic heterocycles. The fourth-order valence-corrected chi connectivity index (χ4v) is 6.46.